The molecule has 15 heavy (non-hydrogen) atoms. The van der Waals surface area contributed by atoms with E-state index in [1.54, 1.807) is 12.4 Å². The van der Waals surface area contributed by atoms with Crippen molar-refractivity contribution in [1.82, 2.24) is 14.9 Å². The summed E-state index contributed by atoms with van der Waals surface area (Å²) in [5, 5.41) is 2.99. The number of nitrogens with one attached hydrogen (secondary N) is 1. The summed E-state index contributed by atoms with van der Waals surface area (Å²) in [5.41, 5.74) is 0.468. The highest BCUT2D eigenvalue weighted by Crippen LogP contribution is 2.60. The van der Waals surface area contributed by atoms with Crippen LogP contribution in [0.3, 0.4) is 0 Å². The Labute approximate surface area is 88.7 Å². The minimum absolute atomic E-state index is 0.0561. The standard InChI is InChI=1S/C11H15N3O/c15-10(14-6-5-12-8-14)13-7-11(3-4-11)9-1-2-9/h5-6,8-9H,1-4,7H2,(H,13,15). The van der Waals surface area contributed by atoms with Gasteiger partial charge in [0.1, 0.15) is 6.33 Å². The molecule has 0 radical (unpaired) electrons. The lowest BCUT2D eigenvalue weighted by molar-refractivity contribution is 0.238. The van der Waals surface area contributed by atoms with E-state index in [4.69, 9.17) is 0 Å². The van der Waals surface area contributed by atoms with Gasteiger partial charge < -0.3 is 5.32 Å². The van der Waals surface area contributed by atoms with Crippen molar-refractivity contribution >= 4 is 6.03 Å². The molecular weight excluding hydrogens is 190 g/mol. The van der Waals surface area contributed by atoms with Gasteiger partial charge in [-0.15, -0.1) is 0 Å². The van der Waals surface area contributed by atoms with Crippen molar-refractivity contribution in [2.24, 2.45) is 11.3 Å². The molecule has 80 valence electrons. The summed E-state index contributed by atoms with van der Waals surface area (Å²) >= 11 is 0. The monoisotopic (exact) mass is 205 g/mol. The zero-order valence-corrected chi connectivity index (χ0v) is 8.65. The fraction of sp³-hybridized carbons (Fsp3) is 0.636. The summed E-state index contributed by atoms with van der Waals surface area (Å²) in [4.78, 5) is 15.5. The molecule has 2 fully saturated rings. The van der Waals surface area contributed by atoms with Gasteiger partial charge in [-0.1, -0.05) is 0 Å². The molecule has 0 bridgehead atoms. The predicted molar refractivity (Wildman–Crippen MR) is 55.4 cm³/mol. The third-order valence-electron chi connectivity index (χ3n) is 3.67. The molecule has 2 saturated carbocycles. The molecule has 0 atom stereocenters. The van der Waals surface area contributed by atoms with Gasteiger partial charge in [0.05, 0.1) is 0 Å². The van der Waals surface area contributed by atoms with E-state index >= 15 is 0 Å². The summed E-state index contributed by atoms with van der Waals surface area (Å²) < 4.78 is 1.49. The molecular formula is C11H15N3O. The summed E-state index contributed by atoms with van der Waals surface area (Å²) in [6, 6.07) is -0.0561. The Morgan fingerprint density at radius 2 is 2.33 bits per heavy atom. The van der Waals surface area contributed by atoms with E-state index in [2.05, 4.69) is 10.3 Å². The van der Waals surface area contributed by atoms with Gasteiger partial charge >= 0.3 is 6.03 Å². The predicted octanol–water partition coefficient (Wildman–Crippen LogP) is 1.63. The Bertz CT molecular complexity index is 363. The summed E-state index contributed by atoms with van der Waals surface area (Å²) in [5.74, 6) is 0.889. The lowest BCUT2D eigenvalue weighted by Crippen LogP contribution is -2.33. The first-order chi connectivity index (χ1) is 7.30. The highest BCUT2D eigenvalue weighted by molar-refractivity contribution is 5.76. The van der Waals surface area contributed by atoms with Crippen LogP contribution in [0.1, 0.15) is 25.7 Å². The second kappa shape index (κ2) is 3.08. The first-order valence-electron chi connectivity index (χ1n) is 5.56. The maximum Gasteiger partial charge on any atom is 0.326 e. The number of amides is 1. The lowest BCUT2D eigenvalue weighted by atomic mass is 10.0. The van der Waals surface area contributed by atoms with Crippen molar-refractivity contribution in [3.8, 4) is 0 Å². The molecule has 4 heteroatoms. The highest BCUT2D eigenvalue weighted by atomic mass is 16.2. The van der Waals surface area contributed by atoms with Crippen LogP contribution in [0, 0.1) is 11.3 Å². The van der Waals surface area contributed by atoms with Gasteiger partial charge in [0, 0.05) is 18.9 Å². The number of imidazole rings is 1. The minimum atomic E-state index is -0.0561. The van der Waals surface area contributed by atoms with Crippen LogP contribution in [-0.2, 0) is 0 Å². The van der Waals surface area contributed by atoms with Crippen molar-refractivity contribution in [2.45, 2.75) is 25.7 Å². The molecule has 1 amide bonds. The largest absolute Gasteiger partial charge is 0.337 e. The second-order valence-corrected chi connectivity index (χ2v) is 4.77. The van der Waals surface area contributed by atoms with Crippen LogP contribution in [0.4, 0.5) is 4.79 Å². The smallest absolute Gasteiger partial charge is 0.326 e. The molecule has 1 heterocycles. The van der Waals surface area contributed by atoms with E-state index < -0.39 is 0 Å². The number of rotatable bonds is 3. The van der Waals surface area contributed by atoms with E-state index in [0.29, 0.717) is 5.41 Å². The Morgan fingerprint density at radius 3 is 2.87 bits per heavy atom. The average Bonchev–Trinajstić information content (AvgIpc) is 3.14. The molecule has 4 nitrogen and oxygen atoms in total. The number of aromatic nitrogens is 2. The zero-order chi connectivity index (χ0) is 10.3. The molecule has 1 aromatic rings. The fourth-order valence-electron chi connectivity index (χ4n) is 2.31. The van der Waals surface area contributed by atoms with E-state index in [1.165, 1.54) is 36.6 Å². The van der Waals surface area contributed by atoms with Crippen LogP contribution in [0.25, 0.3) is 0 Å². The zero-order valence-electron chi connectivity index (χ0n) is 8.65. The van der Waals surface area contributed by atoms with E-state index in [0.717, 1.165) is 12.5 Å². The lowest BCUT2D eigenvalue weighted by Gasteiger charge is -2.14. The first kappa shape index (κ1) is 8.95. The summed E-state index contributed by atoms with van der Waals surface area (Å²) in [7, 11) is 0. The van der Waals surface area contributed by atoms with Crippen LogP contribution in [0.2, 0.25) is 0 Å². The van der Waals surface area contributed by atoms with Gasteiger partial charge in [0.15, 0.2) is 0 Å². The van der Waals surface area contributed by atoms with Crippen molar-refractivity contribution < 1.29 is 4.79 Å². The molecule has 0 aliphatic heterocycles. The van der Waals surface area contributed by atoms with Crippen molar-refractivity contribution in [2.75, 3.05) is 6.54 Å². The maximum absolute atomic E-state index is 11.6. The Morgan fingerprint density at radius 1 is 1.53 bits per heavy atom. The Hall–Kier alpha value is -1.32. The van der Waals surface area contributed by atoms with E-state index in [1.807, 2.05) is 0 Å². The minimum Gasteiger partial charge on any atom is -0.337 e. The number of hydrogen-bond acceptors (Lipinski definition) is 2. The molecule has 3 rings (SSSR count). The molecule has 0 unspecified atom stereocenters. The number of hydrogen-bond donors (Lipinski definition) is 1. The van der Waals surface area contributed by atoms with Gasteiger partial charge in [-0.2, -0.15) is 0 Å². The molecule has 2 aliphatic rings. The van der Waals surface area contributed by atoms with Crippen molar-refractivity contribution in [3.63, 3.8) is 0 Å². The number of carbonyl (C=O) groups is 1. The SMILES string of the molecule is O=C(NCC1(C2CC2)CC1)n1ccnc1. The highest BCUT2D eigenvalue weighted by Gasteiger charge is 2.53. The third-order valence-corrected chi connectivity index (χ3v) is 3.67. The average molecular weight is 205 g/mol. The van der Waals surface area contributed by atoms with E-state index in [9.17, 15) is 4.79 Å². The third kappa shape index (κ3) is 1.64. The molecule has 0 aromatic carbocycles. The van der Waals surface area contributed by atoms with Crippen LogP contribution in [0.5, 0.6) is 0 Å². The Balaban J connectivity index is 1.56. The molecule has 0 saturated heterocycles. The molecule has 2 aliphatic carbocycles. The number of carbonyl (C=O) groups excluding carboxylic acids is 1. The van der Waals surface area contributed by atoms with Crippen molar-refractivity contribution in [3.05, 3.63) is 18.7 Å². The first-order valence-corrected chi connectivity index (χ1v) is 5.56. The van der Waals surface area contributed by atoms with E-state index in [-0.39, 0.29) is 6.03 Å². The number of nitrogens with zero attached hydrogens (tertiary/aromatic N) is 2. The maximum atomic E-state index is 11.6. The Kier molecular flexibility index (Phi) is 1.84. The molecule has 0 spiro atoms. The van der Waals surface area contributed by atoms with Crippen LogP contribution in [-0.4, -0.2) is 22.1 Å². The summed E-state index contributed by atoms with van der Waals surface area (Å²) in [6.45, 7) is 0.842. The normalized spacial score (nSPS) is 22.4. The van der Waals surface area contributed by atoms with Gasteiger partial charge in [-0.05, 0) is 37.0 Å². The molecule has 1 N–H and O–H groups in total. The van der Waals surface area contributed by atoms with Gasteiger partial charge in [0.2, 0.25) is 0 Å². The van der Waals surface area contributed by atoms with Gasteiger partial charge in [-0.3, -0.25) is 4.57 Å². The quantitative estimate of drug-likeness (QED) is 0.815. The van der Waals surface area contributed by atoms with Crippen LogP contribution < -0.4 is 5.32 Å². The van der Waals surface area contributed by atoms with Gasteiger partial charge in [-0.25, -0.2) is 9.78 Å². The van der Waals surface area contributed by atoms with Crippen LogP contribution >= 0.6 is 0 Å². The topological polar surface area (TPSA) is 46.9 Å². The summed E-state index contributed by atoms with van der Waals surface area (Å²) in [6.07, 6.45) is 10.1. The fourth-order valence-corrected chi connectivity index (χ4v) is 2.31. The van der Waals surface area contributed by atoms with Crippen molar-refractivity contribution in [1.29, 1.82) is 0 Å². The van der Waals surface area contributed by atoms with Crippen LogP contribution in [0.15, 0.2) is 18.7 Å². The second-order valence-electron chi connectivity index (χ2n) is 4.77. The molecule has 1 aromatic heterocycles. The van der Waals surface area contributed by atoms with Gasteiger partial charge in [0.25, 0.3) is 0 Å².